The lowest BCUT2D eigenvalue weighted by atomic mass is 9.97. The summed E-state index contributed by atoms with van der Waals surface area (Å²) in [5, 5.41) is 4.59. The molecule has 1 amide bonds. The van der Waals surface area contributed by atoms with E-state index in [0.29, 0.717) is 11.4 Å². The van der Waals surface area contributed by atoms with E-state index in [9.17, 15) is 4.79 Å². The molecular formula is C27H34ClN3OS. The molecule has 6 heteroatoms. The number of carbonyl (C=O) groups is 1. The Labute approximate surface area is 207 Å². The van der Waals surface area contributed by atoms with Gasteiger partial charge in [-0.05, 0) is 81.9 Å². The van der Waals surface area contributed by atoms with Crippen molar-refractivity contribution in [2.45, 2.75) is 60.8 Å². The molecule has 4 nitrogen and oxygen atoms in total. The Bertz CT molecular complexity index is 1090. The van der Waals surface area contributed by atoms with Crippen molar-refractivity contribution in [3.8, 4) is 0 Å². The van der Waals surface area contributed by atoms with E-state index >= 15 is 0 Å². The highest BCUT2D eigenvalue weighted by atomic mass is 35.5. The van der Waals surface area contributed by atoms with Gasteiger partial charge in [0, 0.05) is 29.6 Å². The number of aryl methyl sites for hydroxylation is 2. The van der Waals surface area contributed by atoms with Crippen LogP contribution in [0.2, 0.25) is 5.02 Å². The first-order chi connectivity index (χ1) is 15.8. The molecule has 0 radical (unpaired) electrons. The summed E-state index contributed by atoms with van der Waals surface area (Å²) < 4.78 is 0. The van der Waals surface area contributed by atoms with Gasteiger partial charge in [0.1, 0.15) is 9.88 Å². The molecule has 1 aromatic carbocycles. The summed E-state index contributed by atoms with van der Waals surface area (Å²) in [4.78, 5) is 22.4. The Balaban J connectivity index is 2.05. The zero-order chi connectivity index (χ0) is 24.4. The highest BCUT2D eigenvalue weighted by Crippen LogP contribution is 2.27. The first-order valence-corrected chi connectivity index (χ1v) is 12.5. The minimum Gasteiger partial charge on any atom is -0.351 e. The van der Waals surface area contributed by atoms with Crippen molar-refractivity contribution in [1.82, 2.24) is 10.3 Å². The Morgan fingerprint density at radius 2 is 2.00 bits per heavy atom. The molecule has 0 spiro atoms. The lowest BCUT2D eigenvalue weighted by Gasteiger charge is -2.12. The number of hydrogen-bond donors (Lipinski definition) is 1. The van der Waals surface area contributed by atoms with Crippen LogP contribution >= 0.6 is 22.9 Å². The Kier molecular flexibility index (Phi) is 10.8. The number of nitrogens with one attached hydrogen (secondary N) is 1. The number of allylic oxidation sites excluding steroid dienone is 4. The van der Waals surface area contributed by atoms with Crippen LogP contribution in [0.15, 0.2) is 47.1 Å². The van der Waals surface area contributed by atoms with E-state index < -0.39 is 0 Å². The van der Waals surface area contributed by atoms with Gasteiger partial charge in [-0.15, -0.1) is 11.3 Å². The van der Waals surface area contributed by atoms with E-state index in [2.05, 4.69) is 49.1 Å². The van der Waals surface area contributed by atoms with Crippen LogP contribution in [-0.4, -0.2) is 23.7 Å². The van der Waals surface area contributed by atoms with E-state index in [1.54, 1.807) is 12.4 Å². The summed E-state index contributed by atoms with van der Waals surface area (Å²) in [5.74, 6) is -0.0901. The number of benzene rings is 1. The van der Waals surface area contributed by atoms with Gasteiger partial charge in [-0.3, -0.25) is 9.79 Å². The molecular weight excluding hydrogens is 450 g/mol. The van der Waals surface area contributed by atoms with Gasteiger partial charge in [0.25, 0.3) is 5.91 Å². The first kappa shape index (κ1) is 26.7. The summed E-state index contributed by atoms with van der Waals surface area (Å²) in [6.07, 6.45) is 10.5. The summed E-state index contributed by atoms with van der Waals surface area (Å²) in [5.41, 5.74) is 6.46. The van der Waals surface area contributed by atoms with Gasteiger partial charge < -0.3 is 5.32 Å². The number of halogens is 1. The van der Waals surface area contributed by atoms with E-state index in [1.807, 2.05) is 38.1 Å². The molecule has 33 heavy (non-hydrogen) atoms. The average molecular weight is 484 g/mol. The van der Waals surface area contributed by atoms with Crippen LogP contribution in [0.3, 0.4) is 0 Å². The Morgan fingerprint density at radius 3 is 2.70 bits per heavy atom. The summed E-state index contributed by atoms with van der Waals surface area (Å²) >= 11 is 7.61. The summed E-state index contributed by atoms with van der Waals surface area (Å²) in [6.45, 7) is 12.8. The quantitative estimate of drug-likeness (QED) is 0.350. The summed E-state index contributed by atoms with van der Waals surface area (Å²) in [7, 11) is 0. The topological polar surface area (TPSA) is 54.4 Å². The number of nitrogens with zero attached hydrogens (tertiary/aromatic N) is 2. The fourth-order valence-corrected chi connectivity index (χ4v) is 4.32. The molecule has 0 atom stereocenters. The monoisotopic (exact) mass is 483 g/mol. The van der Waals surface area contributed by atoms with E-state index in [4.69, 9.17) is 11.6 Å². The predicted molar refractivity (Wildman–Crippen MR) is 144 cm³/mol. The largest absolute Gasteiger partial charge is 0.351 e. The van der Waals surface area contributed by atoms with Crippen LogP contribution in [0.5, 0.6) is 0 Å². The van der Waals surface area contributed by atoms with E-state index in [0.717, 1.165) is 46.1 Å². The molecule has 176 valence electrons. The molecule has 0 bridgehead atoms. The normalized spacial score (nSPS) is 13.1. The highest BCUT2D eigenvalue weighted by Gasteiger charge is 2.16. The van der Waals surface area contributed by atoms with Crippen molar-refractivity contribution in [1.29, 1.82) is 0 Å². The molecule has 0 fully saturated rings. The fraction of sp³-hybridized carbons (Fsp3) is 0.370. The van der Waals surface area contributed by atoms with Crippen molar-refractivity contribution in [3.63, 3.8) is 0 Å². The van der Waals surface area contributed by atoms with Crippen molar-refractivity contribution in [2.75, 3.05) is 6.54 Å². The number of thiazole rings is 1. The van der Waals surface area contributed by atoms with Gasteiger partial charge in [-0.2, -0.15) is 0 Å². The molecule has 0 unspecified atom stereocenters. The maximum absolute atomic E-state index is 12.8. The van der Waals surface area contributed by atoms with Crippen LogP contribution in [0.4, 0.5) is 0 Å². The summed E-state index contributed by atoms with van der Waals surface area (Å²) in [6, 6.07) is 5.93. The number of rotatable bonds is 10. The minimum atomic E-state index is -0.0901. The number of amides is 1. The third kappa shape index (κ3) is 8.09. The fourth-order valence-electron chi connectivity index (χ4n) is 3.20. The molecule has 2 rings (SSSR count). The second-order valence-corrected chi connectivity index (χ2v) is 9.45. The van der Waals surface area contributed by atoms with Crippen molar-refractivity contribution < 1.29 is 4.79 Å². The van der Waals surface area contributed by atoms with Crippen LogP contribution in [-0.2, 0) is 0 Å². The number of aliphatic imine (C=N–C) groups is 1. The first-order valence-electron chi connectivity index (χ1n) is 11.3. The lowest BCUT2D eigenvalue weighted by Crippen LogP contribution is -2.24. The number of carbonyl (C=O) groups excluding carboxylic acids is 1. The van der Waals surface area contributed by atoms with Crippen LogP contribution < -0.4 is 5.32 Å². The van der Waals surface area contributed by atoms with Gasteiger partial charge in [-0.25, -0.2) is 4.98 Å². The van der Waals surface area contributed by atoms with Gasteiger partial charge in [0.2, 0.25) is 0 Å². The zero-order valence-corrected chi connectivity index (χ0v) is 22.0. The lowest BCUT2D eigenvalue weighted by molar-refractivity contribution is 0.0958. The molecule has 0 saturated heterocycles. The molecule has 0 saturated carbocycles. The van der Waals surface area contributed by atoms with E-state index in [1.165, 1.54) is 28.0 Å². The molecule has 0 aliphatic heterocycles. The number of hydrogen-bond acceptors (Lipinski definition) is 4. The molecule has 0 aliphatic rings. The smallest absolute Gasteiger partial charge is 0.263 e. The average Bonchev–Trinajstić information content (AvgIpc) is 3.19. The van der Waals surface area contributed by atoms with Gasteiger partial charge in [0.05, 0.1) is 5.69 Å². The molecule has 0 aliphatic carbocycles. The van der Waals surface area contributed by atoms with Gasteiger partial charge >= 0.3 is 0 Å². The molecule has 2 aromatic rings. The second-order valence-electron chi connectivity index (χ2n) is 8.01. The van der Waals surface area contributed by atoms with E-state index in [-0.39, 0.29) is 5.91 Å². The Morgan fingerprint density at radius 1 is 1.24 bits per heavy atom. The van der Waals surface area contributed by atoms with Crippen LogP contribution in [0.25, 0.3) is 11.1 Å². The minimum absolute atomic E-state index is 0.0901. The maximum Gasteiger partial charge on any atom is 0.263 e. The SMILES string of the molecule is CC/C=C(/CCNC(=O)c1sc(/C(C)=C/N=C/C=C(/C)CC)nc1C)c1cc(Cl)ccc1C. The number of aromatic nitrogens is 1. The third-order valence-corrected chi connectivity index (χ3v) is 6.81. The third-order valence-electron chi connectivity index (χ3n) is 5.29. The van der Waals surface area contributed by atoms with Gasteiger partial charge in [0.15, 0.2) is 0 Å². The highest BCUT2D eigenvalue weighted by molar-refractivity contribution is 7.14. The molecule has 1 aromatic heterocycles. The predicted octanol–water partition coefficient (Wildman–Crippen LogP) is 7.81. The zero-order valence-electron chi connectivity index (χ0n) is 20.5. The van der Waals surface area contributed by atoms with Crippen LogP contribution in [0.1, 0.15) is 78.5 Å². The van der Waals surface area contributed by atoms with Crippen molar-refractivity contribution in [3.05, 3.63) is 73.9 Å². The van der Waals surface area contributed by atoms with Crippen molar-refractivity contribution >= 4 is 46.2 Å². The molecule has 1 heterocycles. The van der Waals surface area contributed by atoms with Gasteiger partial charge in [-0.1, -0.05) is 43.2 Å². The Hall–Kier alpha value is -2.50. The van der Waals surface area contributed by atoms with Crippen LogP contribution in [0, 0.1) is 13.8 Å². The maximum atomic E-state index is 12.8. The second kappa shape index (κ2) is 13.3. The van der Waals surface area contributed by atoms with Crippen molar-refractivity contribution in [2.24, 2.45) is 4.99 Å². The molecule has 1 N–H and O–H groups in total. The standard InChI is InChI=1S/C27H34ClN3OS/c1-7-9-22(24-16-23(28)11-10-19(24)4)13-15-30-26(32)25-21(6)31-27(33-25)20(5)17-29-14-12-18(3)8-2/h9-12,14,16-17H,7-8,13,15H2,1-6H3,(H,30,32)/b18-12-,20-17+,22-9-,29-14+.